The van der Waals surface area contributed by atoms with Crippen LogP contribution in [-0.4, -0.2) is 5.91 Å². The zero-order valence-electron chi connectivity index (χ0n) is 15.0. The molecule has 1 N–H and O–H groups in total. The molecule has 3 nitrogen and oxygen atoms in total. The molecule has 3 heteroatoms. The van der Waals surface area contributed by atoms with E-state index in [2.05, 4.69) is 37.4 Å². The molecule has 0 aliphatic carbocycles. The van der Waals surface area contributed by atoms with Gasteiger partial charge in [-0.2, -0.15) is 0 Å². The van der Waals surface area contributed by atoms with Crippen LogP contribution >= 0.6 is 0 Å². The van der Waals surface area contributed by atoms with E-state index in [1.165, 1.54) is 16.7 Å². The summed E-state index contributed by atoms with van der Waals surface area (Å²) < 4.78 is 5.88. The molecular weight excluding hydrogens is 322 g/mol. The van der Waals surface area contributed by atoms with Crippen molar-refractivity contribution in [2.75, 3.05) is 5.32 Å². The van der Waals surface area contributed by atoms with Gasteiger partial charge in [0.2, 0.25) is 5.91 Å². The molecule has 1 amide bonds. The molecule has 0 atom stereocenters. The lowest BCUT2D eigenvalue weighted by Crippen LogP contribution is -2.12. The van der Waals surface area contributed by atoms with Crippen LogP contribution in [0.1, 0.15) is 23.1 Å². The van der Waals surface area contributed by atoms with Crippen molar-refractivity contribution >= 4 is 33.5 Å². The molecule has 130 valence electrons. The molecule has 0 aliphatic rings. The number of carbonyl (C=O) groups is 1. The molecule has 0 aliphatic heterocycles. The molecule has 3 aromatic carbocycles. The molecule has 0 bridgehead atoms. The van der Waals surface area contributed by atoms with Gasteiger partial charge in [-0.15, -0.1) is 0 Å². The number of fused-ring (bicyclic) bond motifs is 3. The summed E-state index contributed by atoms with van der Waals surface area (Å²) in [5.74, 6) is 0.0127. The maximum atomic E-state index is 12.3. The van der Waals surface area contributed by atoms with E-state index in [4.69, 9.17) is 4.42 Å². The topological polar surface area (TPSA) is 42.2 Å². The normalized spacial score (nSPS) is 11.2. The lowest BCUT2D eigenvalue weighted by Gasteiger charge is -2.07. The van der Waals surface area contributed by atoms with Crippen molar-refractivity contribution in [3.63, 3.8) is 0 Å². The number of anilines is 1. The molecule has 0 fully saturated rings. The number of hydrogen-bond donors (Lipinski definition) is 1. The van der Waals surface area contributed by atoms with Crippen LogP contribution in [0.4, 0.5) is 5.69 Å². The van der Waals surface area contributed by atoms with E-state index >= 15 is 0 Å². The molecule has 0 saturated heterocycles. The lowest BCUT2D eigenvalue weighted by atomic mass is 10.0. The minimum Gasteiger partial charge on any atom is -0.456 e. The van der Waals surface area contributed by atoms with Gasteiger partial charge in [0.15, 0.2) is 0 Å². The van der Waals surface area contributed by atoms with E-state index in [1.54, 1.807) is 0 Å². The van der Waals surface area contributed by atoms with E-state index in [-0.39, 0.29) is 5.91 Å². The largest absolute Gasteiger partial charge is 0.456 e. The predicted molar refractivity (Wildman–Crippen MR) is 107 cm³/mol. The molecule has 0 radical (unpaired) electrons. The summed E-state index contributed by atoms with van der Waals surface area (Å²) in [6, 6.07) is 20.1. The van der Waals surface area contributed by atoms with Gasteiger partial charge >= 0.3 is 0 Å². The minimum atomic E-state index is 0.0127. The van der Waals surface area contributed by atoms with Crippen LogP contribution in [0.15, 0.2) is 65.1 Å². The van der Waals surface area contributed by atoms with Crippen molar-refractivity contribution in [1.82, 2.24) is 0 Å². The second-order valence-corrected chi connectivity index (χ2v) is 6.78. The van der Waals surface area contributed by atoms with Crippen LogP contribution in [-0.2, 0) is 11.2 Å². The van der Waals surface area contributed by atoms with E-state index in [0.717, 1.165) is 34.0 Å². The zero-order chi connectivity index (χ0) is 18.1. The summed E-state index contributed by atoms with van der Waals surface area (Å²) in [5.41, 5.74) is 6.15. The van der Waals surface area contributed by atoms with Gasteiger partial charge < -0.3 is 9.73 Å². The maximum Gasteiger partial charge on any atom is 0.224 e. The predicted octanol–water partition coefficient (Wildman–Crippen LogP) is 5.77. The summed E-state index contributed by atoms with van der Waals surface area (Å²) in [6.45, 7) is 4.20. The third-order valence-corrected chi connectivity index (χ3v) is 4.87. The Morgan fingerprint density at radius 3 is 2.54 bits per heavy atom. The van der Waals surface area contributed by atoms with Crippen molar-refractivity contribution in [3.8, 4) is 0 Å². The number of hydrogen-bond acceptors (Lipinski definition) is 2. The van der Waals surface area contributed by atoms with Crippen LogP contribution in [0, 0.1) is 13.8 Å². The highest BCUT2D eigenvalue weighted by molar-refractivity contribution is 6.06. The van der Waals surface area contributed by atoms with Crippen LogP contribution < -0.4 is 5.32 Å². The van der Waals surface area contributed by atoms with Gasteiger partial charge in [-0.3, -0.25) is 4.79 Å². The zero-order valence-corrected chi connectivity index (χ0v) is 15.0. The number of benzene rings is 3. The molecule has 1 heterocycles. The van der Waals surface area contributed by atoms with Crippen LogP contribution in [0.2, 0.25) is 0 Å². The second kappa shape index (κ2) is 6.68. The van der Waals surface area contributed by atoms with Gasteiger partial charge in [-0.05, 0) is 55.2 Å². The Kier molecular flexibility index (Phi) is 4.21. The van der Waals surface area contributed by atoms with Crippen molar-refractivity contribution < 1.29 is 9.21 Å². The fourth-order valence-electron chi connectivity index (χ4n) is 3.24. The Bertz CT molecular complexity index is 1110. The smallest absolute Gasteiger partial charge is 0.224 e. The lowest BCUT2D eigenvalue weighted by molar-refractivity contribution is -0.116. The number of nitrogens with one attached hydrogen (secondary N) is 1. The van der Waals surface area contributed by atoms with Crippen molar-refractivity contribution in [1.29, 1.82) is 0 Å². The van der Waals surface area contributed by atoms with E-state index in [9.17, 15) is 4.79 Å². The van der Waals surface area contributed by atoms with Crippen LogP contribution in [0.5, 0.6) is 0 Å². The van der Waals surface area contributed by atoms with Crippen molar-refractivity contribution in [2.24, 2.45) is 0 Å². The molecule has 1 aromatic heterocycles. The van der Waals surface area contributed by atoms with Gasteiger partial charge in [0, 0.05) is 28.9 Å². The highest BCUT2D eigenvalue weighted by Gasteiger charge is 2.09. The Labute approximate surface area is 152 Å². The molecule has 0 saturated carbocycles. The number of aryl methyl sites for hydroxylation is 3. The number of para-hydroxylation sites is 1. The van der Waals surface area contributed by atoms with Crippen LogP contribution in [0.25, 0.3) is 21.9 Å². The fourth-order valence-corrected chi connectivity index (χ4v) is 3.24. The Morgan fingerprint density at radius 2 is 1.69 bits per heavy atom. The van der Waals surface area contributed by atoms with Gasteiger partial charge in [-0.25, -0.2) is 0 Å². The maximum absolute atomic E-state index is 12.3. The number of furan rings is 1. The molecule has 0 unspecified atom stereocenters. The van der Waals surface area contributed by atoms with Gasteiger partial charge in [0.05, 0.1) is 0 Å². The van der Waals surface area contributed by atoms with E-state index in [1.807, 2.05) is 42.5 Å². The average Bonchev–Trinajstić information content (AvgIpc) is 3.00. The van der Waals surface area contributed by atoms with E-state index in [0.29, 0.717) is 6.42 Å². The first-order chi connectivity index (χ1) is 12.6. The van der Waals surface area contributed by atoms with Gasteiger partial charge in [0.1, 0.15) is 11.2 Å². The second-order valence-electron chi connectivity index (χ2n) is 6.78. The summed E-state index contributed by atoms with van der Waals surface area (Å²) >= 11 is 0. The average molecular weight is 343 g/mol. The quantitative estimate of drug-likeness (QED) is 0.511. The summed E-state index contributed by atoms with van der Waals surface area (Å²) in [7, 11) is 0. The van der Waals surface area contributed by atoms with E-state index < -0.39 is 0 Å². The Morgan fingerprint density at radius 1 is 0.885 bits per heavy atom. The molecular formula is C23H21NO2. The number of rotatable bonds is 4. The summed E-state index contributed by atoms with van der Waals surface area (Å²) in [4.78, 5) is 12.3. The minimum absolute atomic E-state index is 0.0127. The first kappa shape index (κ1) is 16.4. The SMILES string of the molecule is Cc1ccc(CCC(=O)Nc2ccc3c(c2)oc2ccccc23)cc1C. The third-order valence-electron chi connectivity index (χ3n) is 4.87. The summed E-state index contributed by atoms with van der Waals surface area (Å²) in [6.07, 6.45) is 1.19. The van der Waals surface area contributed by atoms with Crippen LogP contribution in [0.3, 0.4) is 0 Å². The standard InChI is InChI=1S/C23H21NO2/c1-15-7-8-17(13-16(15)2)9-12-23(25)24-18-10-11-20-19-5-3-4-6-21(19)26-22(20)14-18/h3-8,10-11,13-14H,9,12H2,1-2H3,(H,24,25). The Hall–Kier alpha value is -3.07. The monoisotopic (exact) mass is 343 g/mol. The highest BCUT2D eigenvalue weighted by Crippen LogP contribution is 2.30. The summed E-state index contributed by atoms with van der Waals surface area (Å²) in [5, 5.41) is 5.13. The number of amides is 1. The molecule has 4 rings (SSSR count). The highest BCUT2D eigenvalue weighted by atomic mass is 16.3. The van der Waals surface area contributed by atoms with Gasteiger partial charge in [0.25, 0.3) is 0 Å². The van der Waals surface area contributed by atoms with Gasteiger partial charge in [-0.1, -0.05) is 36.4 Å². The third kappa shape index (κ3) is 3.21. The fraction of sp³-hybridized carbons (Fsp3) is 0.174. The van der Waals surface area contributed by atoms with Crippen molar-refractivity contribution in [2.45, 2.75) is 26.7 Å². The molecule has 4 aromatic rings. The van der Waals surface area contributed by atoms with Crippen molar-refractivity contribution in [3.05, 3.63) is 77.4 Å². The first-order valence-corrected chi connectivity index (χ1v) is 8.87. The Balaban J connectivity index is 1.46. The number of carbonyl (C=O) groups excluding carboxylic acids is 1. The molecule has 0 spiro atoms. The molecule has 26 heavy (non-hydrogen) atoms. The first-order valence-electron chi connectivity index (χ1n) is 8.87.